The smallest absolute Gasteiger partial charge is 0.261 e. The van der Waals surface area contributed by atoms with E-state index in [2.05, 4.69) is 10.7 Å². The summed E-state index contributed by atoms with van der Waals surface area (Å²) in [6.07, 6.45) is 0.397. The van der Waals surface area contributed by atoms with Crippen LogP contribution in [0.2, 0.25) is 0 Å². The van der Waals surface area contributed by atoms with Crippen LogP contribution in [0.5, 0.6) is 0 Å². The van der Waals surface area contributed by atoms with E-state index in [1.807, 2.05) is 66.7 Å². The van der Waals surface area contributed by atoms with Gasteiger partial charge in [0.15, 0.2) is 0 Å². The van der Waals surface area contributed by atoms with Gasteiger partial charge in [0, 0.05) is 19.0 Å². The maximum absolute atomic E-state index is 12.9. The summed E-state index contributed by atoms with van der Waals surface area (Å²) in [5.74, 6) is -0.557. The number of carbonyl (C=O) groups is 2. The zero-order chi connectivity index (χ0) is 19.8. The van der Waals surface area contributed by atoms with Crippen molar-refractivity contribution in [3.05, 3.63) is 102 Å². The first kappa shape index (κ1) is 19.2. The van der Waals surface area contributed by atoms with Crippen LogP contribution in [0.1, 0.15) is 15.9 Å². The molecule has 2 amide bonds. The molecule has 0 bridgehead atoms. The van der Waals surface area contributed by atoms with Crippen LogP contribution in [0.3, 0.4) is 0 Å². The Bertz CT molecular complexity index is 899. The third-order valence-corrected chi connectivity index (χ3v) is 4.36. The van der Waals surface area contributed by atoms with E-state index in [0.717, 1.165) is 11.3 Å². The molecule has 142 valence electrons. The van der Waals surface area contributed by atoms with Crippen LogP contribution in [0.15, 0.2) is 91.0 Å². The van der Waals surface area contributed by atoms with Gasteiger partial charge in [-0.15, -0.1) is 0 Å². The van der Waals surface area contributed by atoms with Gasteiger partial charge in [0.25, 0.3) is 11.8 Å². The van der Waals surface area contributed by atoms with E-state index < -0.39 is 6.04 Å². The number of rotatable bonds is 7. The molecule has 0 aliphatic heterocycles. The van der Waals surface area contributed by atoms with Gasteiger partial charge in [0.1, 0.15) is 6.04 Å². The number of nitrogens with one attached hydrogen (secondary N) is 2. The first-order valence-corrected chi connectivity index (χ1v) is 9.12. The average Bonchev–Trinajstić information content (AvgIpc) is 2.75. The standard InChI is InChI=1S/C23H23N3O2/c1-26(20-15-9-4-10-16-20)25-23(28)21(17-18-11-5-2-6-12-18)24-22(27)19-13-7-3-8-14-19/h2-16,21H,17H2,1H3,(H,24,27)(H,25,28). The van der Waals surface area contributed by atoms with Crippen molar-refractivity contribution in [3.8, 4) is 0 Å². The molecule has 3 aromatic carbocycles. The van der Waals surface area contributed by atoms with E-state index in [1.165, 1.54) is 0 Å². The summed E-state index contributed by atoms with van der Waals surface area (Å²) in [6.45, 7) is 0. The zero-order valence-corrected chi connectivity index (χ0v) is 15.7. The van der Waals surface area contributed by atoms with Gasteiger partial charge in [-0.2, -0.15) is 0 Å². The van der Waals surface area contributed by atoms with Crippen molar-refractivity contribution < 1.29 is 9.59 Å². The highest BCUT2D eigenvalue weighted by atomic mass is 16.2. The minimum absolute atomic E-state index is 0.278. The summed E-state index contributed by atoms with van der Waals surface area (Å²) < 4.78 is 0. The number of hydrogen-bond donors (Lipinski definition) is 2. The van der Waals surface area contributed by atoms with Gasteiger partial charge in [-0.1, -0.05) is 66.7 Å². The van der Waals surface area contributed by atoms with Crippen molar-refractivity contribution in [1.29, 1.82) is 0 Å². The normalized spacial score (nSPS) is 11.3. The van der Waals surface area contributed by atoms with Crippen LogP contribution in [-0.2, 0) is 11.2 Å². The van der Waals surface area contributed by atoms with Crippen LogP contribution in [-0.4, -0.2) is 24.9 Å². The Morgan fingerprint density at radius 2 is 1.36 bits per heavy atom. The van der Waals surface area contributed by atoms with Gasteiger partial charge in [0.2, 0.25) is 0 Å². The lowest BCUT2D eigenvalue weighted by atomic mass is 10.0. The number of anilines is 1. The highest BCUT2D eigenvalue weighted by Gasteiger charge is 2.23. The number of amides is 2. The van der Waals surface area contributed by atoms with E-state index in [-0.39, 0.29) is 11.8 Å². The van der Waals surface area contributed by atoms with Gasteiger partial charge < -0.3 is 5.32 Å². The van der Waals surface area contributed by atoms with Gasteiger partial charge in [-0.05, 0) is 29.8 Å². The molecule has 5 heteroatoms. The lowest BCUT2D eigenvalue weighted by Crippen LogP contribution is -2.52. The zero-order valence-electron chi connectivity index (χ0n) is 15.7. The summed E-state index contributed by atoms with van der Waals surface area (Å²) in [4.78, 5) is 25.5. The Morgan fingerprint density at radius 1 is 0.821 bits per heavy atom. The quantitative estimate of drug-likeness (QED) is 0.625. The van der Waals surface area contributed by atoms with E-state index in [1.54, 1.807) is 36.3 Å². The van der Waals surface area contributed by atoms with Gasteiger partial charge >= 0.3 is 0 Å². The average molecular weight is 373 g/mol. The summed E-state index contributed by atoms with van der Waals surface area (Å²) in [5, 5.41) is 4.51. The molecule has 5 nitrogen and oxygen atoms in total. The molecule has 0 aliphatic carbocycles. The molecule has 0 fully saturated rings. The first-order chi connectivity index (χ1) is 13.6. The molecule has 2 N–H and O–H groups in total. The molecule has 0 heterocycles. The Morgan fingerprint density at radius 3 is 1.96 bits per heavy atom. The van der Waals surface area contributed by atoms with Crippen molar-refractivity contribution in [2.24, 2.45) is 0 Å². The van der Waals surface area contributed by atoms with Crippen molar-refractivity contribution in [1.82, 2.24) is 10.7 Å². The molecule has 0 saturated heterocycles. The van der Waals surface area contributed by atoms with Crippen LogP contribution in [0.25, 0.3) is 0 Å². The third-order valence-electron chi connectivity index (χ3n) is 4.36. The summed E-state index contributed by atoms with van der Waals surface area (Å²) in [6, 6.07) is 27.3. The van der Waals surface area contributed by atoms with Gasteiger partial charge in [-0.25, -0.2) is 0 Å². The second-order valence-corrected chi connectivity index (χ2v) is 6.45. The molecule has 0 aromatic heterocycles. The van der Waals surface area contributed by atoms with Crippen molar-refractivity contribution in [3.63, 3.8) is 0 Å². The fourth-order valence-corrected chi connectivity index (χ4v) is 2.85. The maximum atomic E-state index is 12.9. The lowest BCUT2D eigenvalue weighted by molar-refractivity contribution is -0.123. The van der Waals surface area contributed by atoms with Crippen LogP contribution < -0.4 is 15.8 Å². The lowest BCUT2D eigenvalue weighted by Gasteiger charge is -2.25. The van der Waals surface area contributed by atoms with Crippen molar-refractivity contribution in [2.75, 3.05) is 12.1 Å². The molecule has 0 radical (unpaired) electrons. The number of para-hydroxylation sites is 1. The molecular weight excluding hydrogens is 350 g/mol. The number of carbonyl (C=O) groups excluding carboxylic acids is 2. The molecule has 3 rings (SSSR count). The number of benzene rings is 3. The topological polar surface area (TPSA) is 61.4 Å². The van der Waals surface area contributed by atoms with Gasteiger partial charge in [0.05, 0.1) is 5.69 Å². The number of nitrogens with zero attached hydrogens (tertiary/aromatic N) is 1. The molecule has 1 atom stereocenters. The molecule has 0 aliphatic rings. The van der Waals surface area contributed by atoms with Crippen LogP contribution in [0, 0.1) is 0 Å². The minimum atomic E-state index is -0.707. The molecule has 3 aromatic rings. The predicted octanol–water partition coefficient (Wildman–Crippen LogP) is 3.20. The fourth-order valence-electron chi connectivity index (χ4n) is 2.85. The largest absolute Gasteiger partial charge is 0.340 e. The Kier molecular flexibility index (Phi) is 6.41. The van der Waals surface area contributed by atoms with Crippen molar-refractivity contribution in [2.45, 2.75) is 12.5 Å². The molecule has 0 spiro atoms. The van der Waals surface area contributed by atoms with E-state index in [4.69, 9.17) is 0 Å². The monoisotopic (exact) mass is 373 g/mol. The maximum Gasteiger partial charge on any atom is 0.261 e. The van der Waals surface area contributed by atoms with Gasteiger partial charge in [-0.3, -0.25) is 20.0 Å². The number of hydrogen-bond acceptors (Lipinski definition) is 3. The minimum Gasteiger partial charge on any atom is -0.340 e. The van der Waals surface area contributed by atoms with E-state index >= 15 is 0 Å². The summed E-state index contributed by atoms with van der Waals surface area (Å²) in [5.41, 5.74) is 5.19. The number of hydrazine groups is 1. The third kappa shape index (κ3) is 5.20. The second-order valence-electron chi connectivity index (χ2n) is 6.45. The molecule has 1 unspecified atom stereocenters. The summed E-state index contributed by atoms with van der Waals surface area (Å²) in [7, 11) is 1.77. The van der Waals surface area contributed by atoms with Crippen molar-refractivity contribution >= 4 is 17.5 Å². The Hall–Kier alpha value is -3.60. The second kappa shape index (κ2) is 9.37. The van der Waals surface area contributed by atoms with E-state index in [0.29, 0.717) is 12.0 Å². The van der Waals surface area contributed by atoms with Crippen LogP contribution in [0.4, 0.5) is 5.69 Å². The van der Waals surface area contributed by atoms with E-state index in [9.17, 15) is 9.59 Å². The fraction of sp³-hybridized carbons (Fsp3) is 0.130. The summed E-state index contributed by atoms with van der Waals surface area (Å²) >= 11 is 0. The van der Waals surface area contributed by atoms with Crippen LogP contribution >= 0.6 is 0 Å². The Labute approximate surface area is 165 Å². The predicted molar refractivity (Wildman–Crippen MR) is 111 cm³/mol. The highest BCUT2D eigenvalue weighted by Crippen LogP contribution is 2.10. The molecule has 28 heavy (non-hydrogen) atoms. The molecule has 0 saturated carbocycles. The molecular formula is C23H23N3O2. The highest BCUT2D eigenvalue weighted by molar-refractivity contribution is 5.97. The SMILES string of the molecule is CN(NC(=O)C(Cc1ccccc1)NC(=O)c1ccccc1)c1ccccc1. The Balaban J connectivity index is 1.75. The first-order valence-electron chi connectivity index (χ1n) is 9.12.